The Kier molecular flexibility index (Phi) is 6.55. The molecule has 1 spiro atoms. The zero-order valence-corrected chi connectivity index (χ0v) is 30.3. The highest BCUT2D eigenvalue weighted by Gasteiger charge is 2.49. The summed E-state index contributed by atoms with van der Waals surface area (Å²) < 4.78 is 6.53. The number of nitrogens with zero attached hydrogens (tertiary/aromatic N) is 2. The van der Waals surface area contributed by atoms with Crippen molar-refractivity contribution >= 4 is 21.9 Å². The third-order valence-corrected chi connectivity index (χ3v) is 12.0. The molecule has 8 aromatic carbocycles. The van der Waals surface area contributed by atoms with E-state index in [0.29, 0.717) is 5.82 Å². The maximum absolute atomic E-state index is 6.53. The third kappa shape index (κ3) is 4.28. The summed E-state index contributed by atoms with van der Waals surface area (Å²) in [7, 11) is 0. The average molecular weight is 713 g/mol. The van der Waals surface area contributed by atoms with Crippen LogP contribution < -0.4 is 0 Å². The Morgan fingerprint density at radius 3 is 1.52 bits per heavy atom. The number of rotatable bonds is 3. The van der Waals surface area contributed by atoms with Gasteiger partial charge in [-0.1, -0.05) is 170 Å². The van der Waals surface area contributed by atoms with Gasteiger partial charge in [0.2, 0.25) is 0 Å². The molecule has 2 aromatic heterocycles. The van der Waals surface area contributed by atoms with Crippen molar-refractivity contribution in [3.8, 4) is 67.3 Å². The van der Waals surface area contributed by atoms with E-state index in [1.807, 2.05) is 18.2 Å². The first-order valence-corrected chi connectivity index (χ1v) is 19.2. The van der Waals surface area contributed by atoms with Gasteiger partial charge in [0.15, 0.2) is 5.82 Å². The molecule has 260 valence electrons. The molecule has 3 nitrogen and oxygen atoms in total. The molecule has 10 aromatic rings. The molecule has 0 saturated heterocycles. The normalized spacial score (nSPS) is 13.1. The van der Waals surface area contributed by atoms with Gasteiger partial charge in [0.05, 0.1) is 22.4 Å². The number of hydrogen-bond acceptors (Lipinski definition) is 3. The van der Waals surface area contributed by atoms with E-state index in [-0.39, 0.29) is 0 Å². The van der Waals surface area contributed by atoms with Gasteiger partial charge < -0.3 is 4.42 Å². The van der Waals surface area contributed by atoms with E-state index >= 15 is 0 Å². The molecular formula is C53H32N2O. The van der Waals surface area contributed by atoms with Gasteiger partial charge in [0, 0.05) is 21.9 Å². The van der Waals surface area contributed by atoms with Gasteiger partial charge in [0.1, 0.15) is 11.2 Å². The van der Waals surface area contributed by atoms with Crippen molar-refractivity contribution in [3.63, 3.8) is 0 Å². The van der Waals surface area contributed by atoms with Crippen LogP contribution in [0, 0.1) is 0 Å². The number of benzene rings is 8. The second kappa shape index (κ2) is 11.8. The van der Waals surface area contributed by atoms with E-state index < -0.39 is 5.41 Å². The molecule has 0 N–H and O–H groups in total. The summed E-state index contributed by atoms with van der Waals surface area (Å²) in [4.78, 5) is 10.6. The maximum Gasteiger partial charge on any atom is 0.164 e. The Morgan fingerprint density at radius 2 is 0.839 bits per heavy atom. The highest BCUT2D eigenvalue weighted by molar-refractivity contribution is 6.09. The molecule has 0 bridgehead atoms. The van der Waals surface area contributed by atoms with Crippen molar-refractivity contribution in [2.75, 3.05) is 0 Å². The van der Waals surface area contributed by atoms with Crippen molar-refractivity contribution in [2.45, 2.75) is 5.41 Å². The van der Waals surface area contributed by atoms with Crippen LogP contribution in [0.4, 0.5) is 0 Å². The van der Waals surface area contributed by atoms with E-state index in [9.17, 15) is 0 Å². The lowest BCUT2D eigenvalue weighted by Gasteiger charge is -2.35. The summed E-state index contributed by atoms with van der Waals surface area (Å²) in [6, 6.07) is 69.8. The molecule has 56 heavy (non-hydrogen) atoms. The molecule has 3 heteroatoms. The smallest absolute Gasteiger partial charge is 0.164 e. The molecule has 0 saturated carbocycles. The molecule has 2 aliphatic carbocycles. The minimum Gasteiger partial charge on any atom is -0.455 e. The van der Waals surface area contributed by atoms with Gasteiger partial charge in [-0.25, -0.2) is 9.97 Å². The van der Waals surface area contributed by atoms with Gasteiger partial charge in [-0.15, -0.1) is 0 Å². The van der Waals surface area contributed by atoms with Gasteiger partial charge in [-0.2, -0.15) is 0 Å². The van der Waals surface area contributed by atoms with Crippen LogP contribution in [0.15, 0.2) is 199 Å². The van der Waals surface area contributed by atoms with Crippen LogP contribution >= 0.6 is 0 Å². The van der Waals surface area contributed by atoms with Crippen LogP contribution in [-0.4, -0.2) is 9.97 Å². The second-order valence-corrected chi connectivity index (χ2v) is 14.8. The molecule has 12 rings (SSSR count). The second-order valence-electron chi connectivity index (χ2n) is 14.8. The van der Waals surface area contributed by atoms with Crippen LogP contribution in [0.1, 0.15) is 22.3 Å². The molecule has 0 atom stereocenters. The van der Waals surface area contributed by atoms with Gasteiger partial charge in [-0.3, -0.25) is 0 Å². The highest BCUT2D eigenvalue weighted by Crippen LogP contribution is 2.61. The number of aromatic nitrogens is 2. The van der Waals surface area contributed by atoms with Crippen LogP contribution in [0.3, 0.4) is 0 Å². The third-order valence-electron chi connectivity index (χ3n) is 12.0. The Morgan fingerprint density at radius 1 is 0.339 bits per heavy atom. The van der Waals surface area contributed by atoms with Crippen molar-refractivity contribution in [1.82, 2.24) is 9.97 Å². The summed E-state index contributed by atoms with van der Waals surface area (Å²) in [6.07, 6.45) is 0. The molecule has 0 radical (unpaired) electrons. The number of fused-ring (bicyclic) bond motifs is 15. The fourth-order valence-electron chi connectivity index (χ4n) is 9.60. The quantitative estimate of drug-likeness (QED) is 0.183. The highest BCUT2D eigenvalue weighted by atomic mass is 16.3. The lowest BCUT2D eigenvalue weighted by atomic mass is 9.65. The van der Waals surface area contributed by atoms with E-state index in [4.69, 9.17) is 14.4 Å². The molecule has 0 unspecified atom stereocenters. The van der Waals surface area contributed by atoms with Crippen LogP contribution in [0.5, 0.6) is 0 Å². The zero-order chi connectivity index (χ0) is 36.8. The van der Waals surface area contributed by atoms with Gasteiger partial charge in [0.25, 0.3) is 0 Å². The monoisotopic (exact) mass is 712 g/mol. The minimum absolute atomic E-state index is 0.577. The summed E-state index contributed by atoms with van der Waals surface area (Å²) in [5, 5.41) is 2.13. The first-order valence-electron chi connectivity index (χ1n) is 19.2. The summed E-state index contributed by atoms with van der Waals surface area (Å²) >= 11 is 0. The maximum atomic E-state index is 6.53. The van der Waals surface area contributed by atoms with Crippen LogP contribution in [0.25, 0.3) is 89.2 Å². The van der Waals surface area contributed by atoms with E-state index in [0.717, 1.165) is 50.0 Å². The Balaban J connectivity index is 1.15. The first kappa shape index (κ1) is 31.0. The van der Waals surface area contributed by atoms with E-state index in [1.165, 1.54) is 55.6 Å². The molecular weight excluding hydrogens is 681 g/mol. The van der Waals surface area contributed by atoms with E-state index in [2.05, 4.69) is 176 Å². The number of para-hydroxylation sites is 2. The fraction of sp³-hybridized carbons (Fsp3) is 0.0189. The van der Waals surface area contributed by atoms with E-state index in [1.54, 1.807) is 0 Å². The van der Waals surface area contributed by atoms with Crippen molar-refractivity contribution in [2.24, 2.45) is 0 Å². The van der Waals surface area contributed by atoms with Crippen molar-refractivity contribution in [1.29, 1.82) is 0 Å². The van der Waals surface area contributed by atoms with Gasteiger partial charge in [-0.05, 0) is 79.9 Å². The molecule has 2 heterocycles. The van der Waals surface area contributed by atoms with Crippen LogP contribution in [0.2, 0.25) is 0 Å². The predicted molar refractivity (Wildman–Crippen MR) is 227 cm³/mol. The summed E-state index contributed by atoms with van der Waals surface area (Å²) in [5.74, 6) is 0.630. The van der Waals surface area contributed by atoms with Crippen molar-refractivity contribution in [3.05, 3.63) is 216 Å². The SMILES string of the molecule is c1ccc(-c2cc(-c3ccc4c(c3)C3(c5ccccc5-c5ccccc5-c5ccccc53)c3ccccc3-4)nc(-c3cccc4c3oc3ccccc34)n2)cc1. The summed E-state index contributed by atoms with van der Waals surface area (Å²) in [6.45, 7) is 0. The lowest BCUT2D eigenvalue weighted by molar-refractivity contribution is 0.669. The molecule has 0 aliphatic heterocycles. The number of hydrogen-bond donors (Lipinski definition) is 0. The topological polar surface area (TPSA) is 38.9 Å². The Hall–Kier alpha value is -7.36. The number of furan rings is 1. The van der Waals surface area contributed by atoms with Gasteiger partial charge >= 0.3 is 0 Å². The first-order chi connectivity index (χ1) is 27.8. The Labute approximate surface area is 324 Å². The molecule has 0 amide bonds. The molecule has 2 aliphatic rings. The fourth-order valence-corrected chi connectivity index (χ4v) is 9.60. The predicted octanol–water partition coefficient (Wildman–Crippen LogP) is 13.4. The summed E-state index contributed by atoms with van der Waals surface area (Å²) in [5.41, 5.74) is 18.3. The van der Waals surface area contributed by atoms with Crippen molar-refractivity contribution < 1.29 is 4.42 Å². The largest absolute Gasteiger partial charge is 0.455 e. The average Bonchev–Trinajstić information content (AvgIpc) is 3.77. The zero-order valence-electron chi connectivity index (χ0n) is 30.3. The molecule has 0 fully saturated rings. The standard InChI is InChI=1S/C53H32N2O/c1-2-15-33(16-3-1)48-32-49(55-52(54-48)43-24-14-23-42-41-22-9-13-28-50(41)56-51(42)43)34-29-30-40-39-21-8-12-27-46(39)53(47(40)31-34)44-25-10-6-19-37(44)35-17-4-5-18-36(35)38-20-7-11-26-45(38)53/h1-32H. The minimum atomic E-state index is -0.577. The van der Waals surface area contributed by atoms with Crippen LogP contribution in [-0.2, 0) is 5.41 Å². The Bertz CT molecular complexity index is 3140. The lowest BCUT2D eigenvalue weighted by Crippen LogP contribution is -2.29.